The Morgan fingerprint density at radius 1 is 0.833 bits per heavy atom. The van der Waals surface area contributed by atoms with Crippen LogP contribution in [0.15, 0.2) is 72.8 Å². The Labute approximate surface area is 139 Å². The average molecular weight is 317 g/mol. The van der Waals surface area contributed by atoms with Crippen LogP contribution < -0.4 is 5.32 Å². The number of carboxylic acid groups (broad SMARTS) is 1. The summed E-state index contributed by atoms with van der Waals surface area (Å²) in [7, 11) is 0. The quantitative estimate of drug-likeness (QED) is 0.690. The minimum atomic E-state index is -0.984. The number of carbonyl (C=O) groups excluding carboxylic acids is 1. The van der Waals surface area contributed by atoms with E-state index in [1.54, 1.807) is 30.3 Å². The molecule has 0 aliphatic rings. The molecule has 0 spiro atoms. The highest BCUT2D eigenvalue weighted by Gasteiger charge is 2.13. The van der Waals surface area contributed by atoms with Crippen LogP contribution in [0.5, 0.6) is 0 Å². The Bertz CT molecular complexity index is 888. The Hall–Kier alpha value is -3.40. The molecule has 2 N–H and O–H groups in total. The Kier molecular flexibility index (Phi) is 4.38. The first-order valence-electron chi connectivity index (χ1n) is 7.43. The molecule has 0 heterocycles. The van der Waals surface area contributed by atoms with Gasteiger partial charge in [-0.3, -0.25) is 4.79 Å². The van der Waals surface area contributed by atoms with Crippen molar-refractivity contribution < 1.29 is 14.7 Å². The molecule has 0 unspecified atom stereocenters. The van der Waals surface area contributed by atoms with E-state index in [4.69, 9.17) is 0 Å². The van der Waals surface area contributed by atoms with Crippen LogP contribution in [0.4, 0.5) is 5.69 Å². The molecule has 0 radical (unpaired) electrons. The van der Waals surface area contributed by atoms with Gasteiger partial charge in [-0.15, -0.1) is 0 Å². The van der Waals surface area contributed by atoms with Crippen molar-refractivity contribution in [3.63, 3.8) is 0 Å². The van der Waals surface area contributed by atoms with Crippen molar-refractivity contribution in [1.29, 1.82) is 0 Å². The van der Waals surface area contributed by atoms with Gasteiger partial charge < -0.3 is 10.4 Å². The lowest BCUT2D eigenvalue weighted by molar-refractivity contribution is -0.105. The van der Waals surface area contributed by atoms with Gasteiger partial charge in [0.1, 0.15) is 0 Å². The van der Waals surface area contributed by atoms with Crippen molar-refractivity contribution in [2.75, 3.05) is 5.32 Å². The van der Waals surface area contributed by atoms with E-state index in [-0.39, 0.29) is 5.56 Å². The number of anilines is 1. The first kappa shape index (κ1) is 15.5. The minimum absolute atomic E-state index is 0.224. The van der Waals surface area contributed by atoms with Crippen molar-refractivity contribution in [3.05, 3.63) is 78.4 Å². The molecule has 0 aliphatic carbocycles. The Morgan fingerprint density at radius 2 is 1.54 bits per heavy atom. The second-order valence-corrected chi connectivity index (χ2v) is 5.24. The second kappa shape index (κ2) is 6.79. The summed E-state index contributed by atoms with van der Waals surface area (Å²) in [5.41, 5.74) is 4.05. The van der Waals surface area contributed by atoms with Gasteiger partial charge in [0.05, 0.1) is 5.56 Å². The van der Waals surface area contributed by atoms with Crippen LogP contribution in [0, 0.1) is 0 Å². The summed E-state index contributed by atoms with van der Waals surface area (Å²) in [6, 6.07) is 22.0. The van der Waals surface area contributed by atoms with Crippen molar-refractivity contribution in [2.24, 2.45) is 0 Å². The molecule has 0 bridgehead atoms. The zero-order chi connectivity index (χ0) is 16.9. The van der Waals surface area contributed by atoms with Gasteiger partial charge in [0, 0.05) is 11.3 Å². The minimum Gasteiger partial charge on any atom is -0.478 e. The normalized spacial score (nSPS) is 10.2. The van der Waals surface area contributed by atoms with Gasteiger partial charge in [0.15, 0.2) is 0 Å². The maximum absolute atomic E-state index is 11.4. The molecule has 118 valence electrons. The zero-order valence-corrected chi connectivity index (χ0v) is 12.8. The lowest BCUT2D eigenvalue weighted by Crippen LogP contribution is -2.00. The van der Waals surface area contributed by atoms with E-state index in [0.29, 0.717) is 17.7 Å². The van der Waals surface area contributed by atoms with Crippen LogP contribution in [0.25, 0.3) is 22.3 Å². The molecule has 4 nitrogen and oxygen atoms in total. The monoisotopic (exact) mass is 317 g/mol. The van der Waals surface area contributed by atoms with Gasteiger partial charge in [-0.05, 0) is 28.8 Å². The van der Waals surface area contributed by atoms with Crippen LogP contribution in [0.2, 0.25) is 0 Å². The molecule has 0 atom stereocenters. The van der Waals surface area contributed by atoms with E-state index < -0.39 is 5.97 Å². The van der Waals surface area contributed by atoms with Crippen LogP contribution >= 0.6 is 0 Å². The third kappa shape index (κ3) is 3.03. The lowest BCUT2D eigenvalue weighted by atomic mass is 9.95. The molecule has 3 rings (SSSR count). The summed E-state index contributed by atoms with van der Waals surface area (Å²) < 4.78 is 0. The summed E-state index contributed by atoms with van der Waals surface area (Å²) in [5.74, 6) is -0.984. The standard InChI is InChI=1S/C20H15NO3/c22-13-21-19-12-15(16-8-4-5-9-18(16)20(23)24)10-11-17(19)14-6-2-1-3-7-14/h1-13H,(H,21,22)(H,23,24). The van der Waals surface area contributed by atoms with Gasteiger partial charge in [0.25, 0.3) is 0 Å². The van der Waals surface area contributed by atoms with Crippen molar-refractivity contribution >= 4 is 18.1 Å². The largest absolute Gasteiger partial charge is 0.478 e. The SMILES string of the molecule is O=CNc1cc(-c2ccccc2C(=O)O)ccc1-c1ccccc1. The van der Waals surface area contributed by atoms with Gasteiger partial charge in [0.2, 0.25) is 6.41 Å². The molecular formula is C20H15NO3. The van der Waals surface area contributed by atoms with Crippen molar-refractivity contribution in [2.45, 2.75) is 0 Å². The summed E-state index contributed by atoms with van der Waals surface area (Å²) in [6.07, 6.45) is 0.620. The molecular weight excluding hydrogens is 302 g/mol. The first-order chi connectivity index (χ1) is 11.7. The molecule has 3 aromatic rings. The highest BCUT2D eigenvalue weighted by atomic mass is 16.4. The predicted molar refractivity (Wildman–Crippen MR) is 94.0 cm³/mol. The van der Waals surface area contributed by atoms with Crippen LogP contribution in [-0.2, 0) is 4.79 Å². The molecule has 0 aliphatic heterocycles. The third-order valence-electron chi connectivity index (χ3n) is 3.79. The highest BCUT2D eigenvalue weighted by Crippen LogP contribution is 2.33. The third-order valence-corrected chi connectivity index (χ3v) is 3.79. The van der Waals surface area contributed by atoms with Gasteiger partial charge in [-0.25, -0.2) is 4.79 Å². The van der Waals surface area contributed by atoms with Gasteiger partial charge in [-0.2, -0.15) is 0 Å². The van der Waals surface area contributed by atoms with E-state index in [0.717, 1.165) is 16.7 Å². The Balaban J connectivity index is 2.14. The van der Waals surface area contributed by atoms with Crippen LogP contribution in [-0.4, -0.2) is 17.5 Å². The summed E-state index contributed by atoms with van der Waals surface area (Å²) >= 11 is 0. The van der Waals surface area contributed by atoms with E-state index >= 15 is 0 Å². The van der Waals surface area contributed by atoms with Crippen molar-refractivity contribution in [1.82, 2.24) is 0 Å². The van der Waals surface area contributed by atoms with Gasteiger partial charge in [-0.1, -0.05) is 60.7 Å². The first-order valence-corrected chi connectivity index (χ1v) is 7.43. The molecule has 0 fully saturated rings. The van der Waals surface area contributed by atoms with E-state index in [1.165, 1.54) is 0 Å². The highest BCUT2D eigenvalue weighted by molar-refractivity contribution is 5.97. The predicted octanol–water partition coefficient (Wildman–Crippen LogP) is 4.29. The average Bonchev–Trinajstić information content (AvgIpc) is 2.62. The fourth-order valence-corrected chi connectivity index (χ4v) is 2.69. The number of benzene rings is 3. The second-order valence-electron chi connectivity index (χ2n) is 5.24. The fraction of sp³-hybridized carbons (Fsp3) is 0. The number of aromatic carboxylic acids is 1. The van der Waals surface area contributed by atoms with E-state index in [9.17, 15) is 14.7 Å². The number of carbonyl (C=O) groups is 2. The van der Waals surface area contributed by atoms with E-state index in [2.05, 4.69) is 5.32 Å². The number of hydrogen-bond acceptors (Lipinski definition) is 2. The lowest BCUT2D eigenvalue weighted by Gasteiger charge is -2.12. The fourth-order valence-electron chi connectivity index (χ4n) is 2.69. The molecule has 0 saturated heterocycles. The van der Waals surface area contributed by atoms with Crippen LogP contribution in [0.3, 0.4) is 0 Å². The molecule has 0 saturated carbocycles. The summed E-state index contributed by atoms with van der Waals surface area (Å²) in [6.45, 7) is 0. The summed E-state index contributed by atoms with van der Waals surface area (Å²) in [5, 5.41) is 12.1. The number of rotatable bonds is 5. The molecule has 0 aromatic heterocycles. The van der Waals surface area contributed by atoms with E-state index in [1.807, 2.05) is 42.5 Å². The number of amides is 1. The van der Waals surface area contributed by atoms with Gasteiger partial charge >= 0.3 is 5.97 Å². The van der Waals surface area contributed by atoms with Crippen LogP contribution in [0.1, 0.15) is 10.4 Å². The topological polar surface area (TPSA) is 66.4 Å². The smallest absolute Gasteiger partial charge is 0.336 e. The number of carboxylic acids is 1. The zero-order valence-electron chi connectivity index (χ0n) is 12.8. The number of hydrogen-bond donors (Lipinski definition) is 2. The number of nitrogens with one attached hydrogen (secondary N) is 1. The molecule has 4 heteroatoms. The maximum atomic E-state index is 11.4. The maximum Gasteiger partial charge on any atom is 0.336 e. The summed E-state index contributed by atoms with van der Waals surface area (Å²) in [4.78, 5) is 22.4. The molecule has 3 aromatic carbocycles. The Morgan fingerprint density at radius 3 is 2.25 bits per heavy atom. The van der Waals surface area contributed by atoms with Crippen molar-refractivity contribution in [3.8, 4) is 22.3 Å². The molecule has 24 heavy (non-hydrogen) atoms. The molecule has 1 amide bonds.